The number of anilines is 1. The van der Waals surface area contributed by atoms with Crippen LogP contribution in [0, 0.1) is 30.6 Å². The molecule has 0 fully saturated rings. The molecule has 0 amide bonds. The summed E-state index contributed by atoms with van der Waals surface area (Å²) in [5, 5.41) is 11.9. The number of nitriles is 1. The van der Waals surface area contributed by atoms with Crippen LogP contribution in [0.25, 0.3) is 0 Å². The largest absolute Gasteiger partial charge is 0.384 e. The quantitative estimate of drug-likeness (QED) is 0.578. The predicted molar refractivity (Wildman–Crippen MR) is 57.8 cm³/mol. The van der Waals surface area contributed by atoms with Gasteiger partial charge in [-0.05, 0) is 30.7 Å². The van der Waals surface area contributed by atoms with Gasteiger partial charge in [0.05, 0.1) is 11.6 Å². The molecule has 0 heterocycles. The van der Waals surface area contributed by atoms with E-state index in [1.807, 2.05) is 19.1 Å². The highest BCUT2D eigenvalue weighted by molar-refractivity contribution is 5.54. The van der Waals surface area contributed by atoms with E-state index >= 15 is 0 Å². The molecular weight excluding hydrogens is 172 g/mol. The number of nitrogens with zero attached hydrogens (tertiary/aromatic N) is 1. The summed E-state index contributed by atoms with van der Waals surface area (Å²) in [6.07, 6.45) is 5.85. The van der Waals surface area contributed by atoms with Crippen molar-refractivity contribution in [3.8, 4) is 18.4 Å². The average Bonchev–Trinajstić information content (AvgIpc) is 2.20. The lowest BCUT2D eigenvalue weighted by Gasteiger charge is -2.07. The van der Waals surface area contributed by atoms with E-state index in [1.165, 1.54) is 0 Å². The van der Waals surface area contributed by atoms with Gasteiger partial charge in [0.25, 0.3) is 0 Å². The third-order valence-corrected chi connectivity index (χ3v) is 1.94. The molecule has 0 aliphatic heterocycles. The number of hydrogen-bond donors (Lipinski definition) is 1. The van der Waals surface area contributed by atoms with Crippen LogP contribution in [0.15, 0.2) is 18.2 Å². The summed E-state index contributed by atoms with van der Waals surface area (Å²) in [6.45, 7) is 2.74. The van der Waals surface area contributed by atoms with E-state index in [0.29, 0.717) is 12.0 Å². The molecule has 0 aromatic heterocycles. The molecule has 1 aromatic carbocycles. The number of aryl methyl sites for hydroxylation is 1. The number of rotatable bonds is 3. The summed E-state index contributed by atoms with van der Waals surface area (Å²) < 4.78 is 0. The van der Waals surface area contributed by atoms with Gasteiger partial charge in [-0.2, -0.15) is 5.26 Å². The zero-order valence-corrected chi connectivity index (χ0v) is 8.17. The lowest BCUT2D eigenvalue weighted by atomic mass is 10.1. The molecule has 14 heavy (non-hydrogen) atoms. The number of nitrogens with one attached hydrogen (secondary N) is 1. The van der Waals surface area contributed by atoms with Gasteiger partial charge in [-0.3, -0.25) is 0 Å². The van der Waals surface area contributed by atoms with Crippen molar-refractivity contribution in [1.29, 1.82) is 5.26 Å². The van der Waals surface area contributed by atoms with E-state index in [1.54, 1.807) is 6.07 Å². The van der Waals surface area contributed by atoms with E-state index in [4.69, 9.17) is 11.7 Å². The van der Waals surface area contributed by atoms with E-state index in [9.17, 15) is 0 Å². The van der Waals surface area contributed by atoms with Gasteiger partial charge < -0.3 is 5.32 Å². The molecular formula is C12H12N2. The molecule has 1 rings (SSSR count). The average molecular weight is 184 g/mol. The predicted octanol–water partition coefficient (Wildman–Crippen LogP) is 2.30. The van der Waals surface area contributed by atoms with E-state index < -0.39 is 0 Å². The highest BCUT2D eigenvalue weighted by atomic mass is 14.9. The minimum Gasteiger partial charge on any atom is -0.384 e. The highest BCUT2D eigenvalue weighted by Crippen LogP contribution is 2.15. The van der Waals surface area contributed by atoms with Crippen LogP contribution in [0.2, 0.25) is 0 Å². The fourth-order valence-electron chi connectivity index (χ4n) is 1.20. The van der Waals surface area contributed by atoms with Gasteiger partial charge in [-0.1, -0.05) is 0 Å². The first kappa shape index (κ1) is 10.2. The fraction of sp³-hybridized carbons (Fsp3) is 0.250. The van der Waals surface area contributed by atoms with Crippen LogP contribution in [0.1, 0.15) is 17.5 Å². The van der Waals surface area contributed by atoms with Crippen LogP contribution >= 0.6 is 0 Å². The van der Waals surface area contributed by atoms with E-state index in [-0.39, 0.29) is 0 Å². The summed E-state index contributed by atoms with van der Waals surface area (Å²) in [7, 11) is 0. The van der Waals surface area contributed by atoms with Crippen molar-refractivity contribution in [3.63, 3.8) is 0 Å². The van der Waals surface area contributed by atoms with Crippen LogP contribution in [0.4, 0.5) is 5.69 Å². The third-order valence-electron chi connectivity index (χ3n) is 1.94. The summed E-state index contributed by atoms with van der Waals surface area (Å²) in [4.78, 5) is 0. The second-order valence-corrected chi connectivity index (χ2v) is 3.02. The zero-order chi connectivity index (χ0) is 10.4. The number of terminal acetylenes is 1. The Balaban J connectivity index is 2.71. The molecule has 0 saturated carbocycles. The van der Waals surface area contributed by atoms with Gasteiger partial charge in [0.2, 0.25) is 0 Å². The minimum atomic E-state index is 0.685. The third kappa shape index (κ3) is 2.54. The molecule has 0 aliphatic rings. The maximum atomic E-state index is 8.67. The lowest BCUT2D eigenvalue weighted by molar-refractivity contribution is 1.09. The maximum absolute atomic E-state index is 8.67. The standard InChI is InChI=1S/C12H12N2/c1-3-4-7-14-12-6-5-11(9-13)8-10(12)2/h1,5-6,8,14H,4,7H2,2H3. The van der Waals surface area contributed by atoms with Gasteiger partial charge in [0, 0.05) is 18.7 Å². The van der Waals surface area contributed by atoms with Crippen molar-refractivity contribution in [1.82, 2.24) is 0 Å². The number of benzene rings is 1. The Morgan fingerprint density at radius 2 is 2.29 bits per heavy atom. The SMILES string of the molecule is C#CCCNc1ccc(C#N)cc1C. The van der Waals surface area contributed by atoms with Crippen LogP contribution in [-0.4, -0.2) is 6.54 Å². The zero-order valence-electron chi connectivity index (χ0n) is 8.17. The van der Waals surface area contributed by atoms with E-state index in [2.05, 4.69) is 17.3 Å². The first-order valence-electron chi connectivity index (χ1n) is 4.46. The Morgan fingerprint density at radius 1 is 1.50 bits per heavy atom. The van der Waals surface area contributed by atoms with Gasteiger partial charge in [0.15, 0.2) is 0 Å². The van der Waals surface area contributed by atoms with Crippen molar-refractivity contribution in [2.45, 2.75) is 13.3 Å². The lowest BCUT2D eigenvalue weighted by Crippen LogP contribution is -2.01. The minimum absolute atomic E-state index is 0.685. The molecule has 1 aromatic rings. The molecule has 1 N–H and O–H groups in total. The smallest absolute Gasteiger partial charge is 0.0991 e. The molecule has 0 radical (unpaired) electrons. The van der Waals surface area contributed by atoms with Crippen molar-refractivity contribution < 1.29 is 0 Å². The Bertz CT molecular complexity index is 394. The van der Waals surface area contributed by atoms with Crippen molar-refractivity contribution in [2.75, 3.05) is 11.9 Å². The normalized spacial score (nSPS) is 8.79. The topological polar surface area (TPSA) is 35.8 Å². The van der Waals surface area contributed by atoms with Gasteiger partial charge in [0.1, 0.15) is 0 Å². The first-order chi connectivity index (χ1) is 6.77. The van der Waals surface area contributed by atoms with Crippen LogP contribution in [0.5, 0.6) is 0 Å². The molecule has 2 heteroatoms. The van der Waals surface area contributed by atoms with Crippen LogP contribution in [0.3, 0.4) is 0 Å². The molecule has 0 bridgehead atoms. The Morgan fingerprint density at radius 3 is 2.86 bits per heavy atom. The van der Waals surface area contributed by atoms with Crippen molar-refractivity contribution >= 4 is 5.69 Å². The van der Waals surface area contributed by atoms with Crippen molar-refractivity contribution in [2.24, 2.45) is 0 Å². The van der Waals surface area contributed by atoms with Crippen molar-refractivity contribution in [3.05, 3.63) is 29.3 Å². The molecule has 0 saturated heterocycles. The summed E-state index contributed by atoms with van der Waals surface area (Å²) in [5.41, 5.74) is 2.80. The van der Waals surface area contributed by atoms with Gasteiger partial charge in [-0.25, -0.2) is 0 Å². The fourth-order valence-corrected chi connectivity index (χ4v) is 1.20. The van der Waals surface area contributed by atoms with Crippen LogP contribution < -0.4 is 5.32 Å². The molecule has 70 valence electrons. The highest BCUT2D eigenvalue weighted by Gasteiger charge is 1.97. The molecule has 0 atom stereocenters. The second kappa shape index (κ2) is 4.94. The Hall–Kier alpha value is -1.93. The van der Waals surface area contributed by atoms with Gasteiger partial charge >= 0.3 is 0 Å². The Kier molecular flexibility index (Phi) is 3.58. The maximum Gasteiger partial charge on any atom is 0.0991 e. The van der Waals surface area contributed by atoms with E-state index in [0.717, 1.165) is 17.8 Å². The Labute approximate surface area is 84.6 Å². The summed E-state index contributed by atoms with van der Waals surface area (Å²) in [6, 6.07) is 7.67. The molecule has 0 unspecified atom stereocenters. The first-order valence-corrected chi connectivity index (χ1v) is 4.46. The molecule has 0 spiro atoms. The monoisotopic (exact) mass is 184 g/mol. The summed E-state index contributed by atoms with van der Waals surface area (Å²) >= 11 is 0. The molecule has 0 aliphatic carbocycles. The number of hydrogen-bond acceptors (Lipinski definition) is 2. The molecule has 2 nitrogen and oxygen atoms in total. The summed E-state index contributed by atoms with van der Waals surface area (Å²) in [5.74, 6) is 2.57. The van der Waals surface area contributed by atoms with Crippen LogP contribution in [-0.2, 0) is 0 Å². The van der Waals surface area contributed by atoms with Gasteiger partial charge in [-0.15, -0.1) is 12.3 Å². The second-order valence-electron chi connectivity index (χ2n) is 3.02.